The average molecular weight is 270 g/mol. The summed E-state index contributed by atoms with van der Waals surface area (Å²) < 4.78 is 5.32. The van der Waals surface area contributed by atoms with Crippen molar-refractivity contribution in [1.29, 1.82) is 0 Å². The highest BCUT2D eigenvalue weighted by Gasteiger charge is 2.07. The summed E-state index contributed by atoms with van der Waals surface area (Å²) in [7, 11) is 0. The number of unbranched alkanes of at least 4 members (excludes halogenated alkanes) is 8. The molecule has 0 N–H and O–H groups in total. The highest BCUT2D eigenvalue weighted by molar-refractivity contribution is 5.69. The monoisotopic (exact) mass is 270 g/mol. The lowest BCUT2D eigenvalue weighted by molar-refractivity contribution is -0.148. The summed E-state index contributed by atoms with van der Waals surface area (Å²) in [4.78, 5) is 11.3. The number of hydrogen-bond acceptors (Lipinski definition) is 2. The molecular weight excluding hydrogens is 236 g/mol. The van der Waals surface area contributed by atoms with Crippen molar-refractivity contribution in [3.63, 3.8) is 0 Å². The summed E-state index contributed by atoms with van der Waals surface area (Å²) in [6.07, 6.45) is 14.6. The maximum absolute atomic E-state index is 11.3. The topological polar surface area (TPSA) is 26.3 Å². The van der Waals surface area contributed by atoms with E-state index < -0.39 is 0 Å². The quantitative estimate of drug-likeness (QED) is 0.320. The van der Waals surface area contributed by atoms with Crippen molar-refractivity contribution in [2.45, 2.75) is 104 Å². The van der Waals surface area contributed by atoms with Crippen LogP contribution in [0.15, 0.2) is 0 Å². The fourth-order valence-electron chi connectivity index (χ4n) is 2.29. The van der Waals surface area contributed by atoms with Gasteiger partial charge in [-0.15, -0.1) is 0 Å². The number of hydrogen-bond donors (Lipinski definition) is 0. The van der Waals surface area contributed by atoms with Gasteiger partial charge < -0.3 is 4.74 Å². The molecule has 0 radical (unpaired) electrons. The summed E-state index contributed by atoms with van der Waals surface area (Å²) in [5.74, 6) is -0.0362. The second-order valence-electron chi connectivity index (χ2n) is 5.67. The predicted octanol–water partition coefficient (Wildman–Crippen LogP) is 5.64. The third-order valence-electron chi connectivity index (χ3n) is 3.50. The number of carbonyl (C=O) groups excluding carboxylic acids is 1. The van der Waals surface area contributed by atoms with E-state index in [-0.39, 0.29) is 12.1 Å². The van der Waals surface area contributed by atoms with Crippen molar-refractivity contribution in [1.82, 2.24) is 0 Å². The maximum atomic E-state index is 11.3. The average Bonchev–Trinajstić information content (AvgIpc) is 2.37. The predicted molar refractivity (Wildman–Crippen MR) is 82.3 cm³/mol. The maximum Gasteiger partial charge on any atom is 0.306 e. The molecule has 0 aliphatic rings. The molecule has 0 aromatic heterocycles. The Bertz CT molecular complexity index is 201. The zero-order chi connectivity index (χ0) is 14.3. The first-order valence-electron chi connectivity index (χ1n) is 8.40. The van der Waals surface area contributed by atoms with Crippen LogP contribution in [0.3, 0.4) is 0 Å². The van der Waals surface area contributed by atoms with Crippen LogP contribution in [0.2, 0.25) is 0 Å². The fourth-order valence-corrected chi connectivity index (χ4v) is 2.29. The highest BCUT2D eigenvalue weighted by atomic mass is 16.5. The normalized spacial score (nSPS) is 12.4. The Morgan fingerprint density at radius 2 is 1.37 bits per heavy atom. The van der Waals surface area contributed by atoms with E-state index in [1.165, 1.54) is 57.8 Å². The number of rotatable bonds is 13. The zero-order valence-corrected chi connectivity index (χ0v) is 13.4. The number of ether oxygens (including phenoxy) is 1. The molecule has 1 atom stereocenters. The first-order chi connectivity index (χ1) is 9.20. The van der Waals surface area contributed by atoms with Gasteiger partial charge in [-0.05, 0) is 26.2 Å². The molecule has 0 spiro atoms. The largest absolute Gasteiger partial charge is 0.463 e. The van der Waals surface area contributed by atoms with E-state index in [0.29, 0.717) is 6.42 Å². The van der Waals surface area contributed by atoms with Crippen molar-refractivity contribution < 1.29 is 9.53 Å². The van der Waals surface area contributed by atoms with Crippen LogP contribution in [0.1, 0.15) is 97.8 Å². The van der Waals surface area contributed by atoms with E-state index >= 15 is 0 Å². The van der Waals surface area contributed by atoms with E-state index in [0.717, 1.165) is 12.8 Å². The van der Waals surface area contributed by atoms with Gasteiger partial charge in [0, 0.05) is 6.42 Å². The summed E-state index contributed by atoms with van der Waals surface area (Å²) in [6.45, 7) is 6.28. The summed E-state index contributed by atoms with van der Waals surface area (Å²) in [5, 5.41) is 0. The summed E-state index contributed by atoms with van der Waals surface area (Å²) in [6, 6.07) is 0. The van der Waals surface area contributed by atoms with Crippen LogP contribution in [0.25, 0.3) is 0 Å². The SMILES string of the molecule is CCCCCCCCCCCC(C)OC(=O)CCC. The molecule has 0 amide bonds. The first-order valence-corrected chi connectivity index (χ1v) is 8.40. The van der Waals surface area contributed by atoms with Crippen LogP contribution >= 0.6 is 0 Å². The minimum absolute atomic E-state index is 0.0362. The van der Waals surface area contributed by atoms with Gasteiger partial charge in [0.1, 0.15) is 0 Å². The Balaban J connectivity index is 3.22. The van der Waals surface area contributed by atoms with Gasteiger partial charge in [-0.25, -0.2) is 0 Å². The molecule has 0 fully saturated rings. The smallest absolute Gasteiger partial charge is 0.306 e. The third-order valence-corrected chi connectivity index (χ3v) is 3.50. The molecule has 0 bridgehead atoms. The lowest BCUT2D eigenvalue weighted by atomic mass is 10.1. The van der Waals surface area contributed by atoms with Gasteiger partial charge in [0.05, 0.1) is 6.10 Å². The minimum Gasteiger partial charge on any atom is -0.463 e. The molecule has 0 aliphatic heterocycles. The molecule has 0 aliphatic carbocycles. The van der Waals surface area contributed by atoms with Gasteiger partial charge >= 0.3 is 5.97 Å². The molecule has 0 aromatic carbocycles. The summed E-state index contributed by atoms with van der Waals surface area (Å²) in [5.41, 5.74) is 0. The standard InChI is InChI=1S/C17H34O2/c1-4-6-7-8-9-10-11-12-13-15-16(3)19-17(18)14-5-2/h16H,4-15H2,1-3H3. The van der Waals surface area contributed by atoms with Crippen molar-refractivity contribution in [3.05, 3.63) is 0 Å². The molecule has 2 heteroatoms. The Kier molecular flexibility index (Phi) is 13.5. The second-order valence-corrected chi connectivity index (χ2v) is 5.67. The van der Waals surface area contributed by atoms with Crippen LogP contribution in [0.4, 0.5) is 0 Å². The van der Waals surface area contributed by atoms with E-state index in [9.17, 15) is 4.79 Å². The molecule has 0 heterocycles. The van der Waals surface area contributed by atoms with E-state index in [2.05, 4.69) is 6.92 Å². The molecule has 0 saturated carbocycles. The van der Waals surface area contributed by atoms with Gasteiger partial charge in [0.25, 0.3) is 0 Å². The highest BCUT2D eigenvalue weighted by Crippen LogP contribution is 2.12. The van der Waals surface area contributed by atoms with Crippen molar-refractivity contribution >= 4 is 5.97 Å². The lowest BCUT2D eigenvalue weighted by Gasteiger charge is -2.12. The third kappa shape index (κ3) is 13.7. The van der Waals surface area contributed by atoms with Gasteiger partial charge in [-0.3, -0.25) is 4.79 Å². The van der Waals surface area contributed by atoms with E-state index in [1.807, 2.05) is 13.8 Å². The van der Waals surface area contributed by atoms with Gasteiger partial charge in [0.15, 0.2) is 0 Å². The molecule has 0 saturated heterocycles. The second kappa shape index (κ2) is 13.9. The van der Waals surface area contributed by atoms with Crippen LogP contribution in [0.5, 0.6) is 0 Å². The number of carbonyl (C=O) groups is 1. The van der Waals surface area contributed by atoms with Gasteiger partial charge in [-0.2, -0.15) is 0 Å². The van der Waals surface area contributed by atoms with Crippen LogP contribution in [-0.2, 0) is 9.53 Å². The van der Waals surface area contributed by atoms with E-state index in [4.69, 9.17) is 4.74 Å². The Morgan fingerprint density at radius 3 is 1.89 bits per heavy atom. The van der Waals surface area contributed by atoms with Crippen LogP contribution in [-0.4, -0.2) is 12.1 Å². The minimum atomic E-state index is -0.0362. The van der Waals surface area contributed by atoms with E-state index in [1.54, 1.807) is 0 Å². The summed E-state index contributed by atoms with van der Waals surface area (Å²) >= 11 is 0. The fraction of sp³-hybridized carbons (Fsp3) is 0.941. The molecule has 114 valence electrons. The van der Waals surface area contributed by atoms with Crippen molar-refractivity contribution in [3.8, 4) is 0 Å². The lowest BCUT2D eigenvalue weighted by Crippen LogP contribution is -2.14. The van der Waals surface area contributed by atoms with Crippen molar-refractivity contribution in [2.75, 3.05) is 0 Å². The Hall–Kier alpha value is -0.530. The number of esters is 1. The zero-order valence-electron chi connectivity index (χ0n) is 13.4. The first kappa shape index (κ1) is 18.5. The molecule has 0 rings (SSSR count). The van der Waals surface area contributed by atoms with Gasteiger partial charge in [0.2, 0.25) is 0 Å². The van der Waals surface area contributed by atoms with Crippen LogP contribution in [0, 0.1) is 0 Å². The molecule has 0 aromatic rings. The Labute approximate surface area is 120 Å². The van der Waals surface area contributed by atoms with Crippen molar-refractivity contribution in [2.24, 2.45) is 0 Å². The molecular formula is C17H34O2. The van der Waals surface area contributed by atoms with Gasteiger partial charge in [-0.1, -0.05) is 65.2 Å². The molecule has 19 heavy (non-hydrogen) atoms. The molecule has 2 nitrogen and oxygen atoms in total. The molecule has 1 unspecified atom stereocenters. The Morgan fingerprint density at radius 1 is 0.842 bits per heavy atom. The van der Waals surface area contributed by atoms with Crippen LogP contribution < -0.4 is 0 Å².